The monoisotopic (exact) mass is 395 g/mol. The Morgan fingerprint density at radius 1 is 1.32 bits per heavy atom. The Labute approximate surface area is 163 Å². The van der Waals surface area contributed by atoms with Crippen molar-refractivity contribution in [3.05, 3.63) is 23.8 Å². The number of ether oxygens (including phenoxy) is 1. The lowest BCUT2D eigenvalue weighted by atomic mass is 10.1. The van der Waals surface area contributed by atoms with Crippen molar-refractivity contribution in [1.29, 1.82) is 0 Å². The summed E-state index contributed by atoms with van der Waals surface area (Å²) in [5.74, 6) is -2.41. The molecule has 1 atom stereocenters. The Bertz CT molecular complexity index is 729. The molecule has 1 unspecified atom stereocenters. The van der Waals surface area contributed by atoms with Crippen molar-refractivity contribution < 1.29 is 23.1 Å². The molecule has 0 radical (unpaired) electrons. The van der Waals surface area contributed by atoms with Crippen molar-refractivity contribution in [2.24, 2.45) is 5.92 Å². The third-order valence-corrected chi connectivity index (χ3v) is 5.02. The highest BCUT2D eigenvalue weighted by molar-refractivity contribution is 5.98. The van der Waals surface area contributed by atoms with Gasteiger partial charge in [0.1, 0.15) is 11.8 Å². The summed E-state index contributed by atoms with van der Waals surface area (Å²) in [6, 6.07) is 4.18. The predicted molar refractivity (Wildman–Crippen MR) is 102 cm³/mol. The first-order valence-corrected chi connectivity index (χ1v) is 9.75. The number of nitrogens with one attached hydrogen (secondary N) is 2. The molecule has 6 nitrogen and oxygen atoms in total. The number of nitrogens with zero attached hydrogens (tertiary/aromatic N) is 1. The maximum absolute atomic E-state index is 13.3. The Balaban J connectivity index is 1.75. The highest BCUT2D eigenvalue weighted by Gasteiger charge is 2.45. The van der Waals surface area contributed by atoms with Crippen molar-refractivity contribution >= 4 is 17.5 Å². The molecule has 1 aliphatic heterocycles. The Kier molecular flexibility index (Phi) is 6.05. The standard InChI is InChI=1S/C20H27F2N3O3/c1-3-4-15(19(27)23-2)24-18(26)14-7-8-16(25-11-20(21,22)12-25)17(9-14)28-10-13-5-6-13/h7-9,13,15H,3-6,10-12H2,1-2H3,(H,23,27)(H,24,26). The number of hydrogen-bond acceptors (Lipinski definition) is 4. The molecule has 1 saturated carbocycles. The van der Waals surface area contributed by atoms with Gasteiger partial charge in [0.25, 0.3) is 11.8 Å². The second kappa shape index (κ2) is 8.32. The third-order valence-electron chi connectivity index (χ3n) is 5.02. The zero-order valence-corrected chi connectivity index (χ0v) is 16.3. The minimum Gasteiger partial charge on any atom is -0.491 e. The van der Waals surface area contributed by atoms with Crippen LogP contribution < -0.4 is 20.3 Å². The van der Waals surface area contributed by atoms with E-state index in [4.69, 9.17) is 4.74 Å². The van der Waals surface area contributed by atoms with Gasteiger partial charge in [0, 0.05) is 12.6 Å². The van der Waals surface area contributed by atoms with Crippen molar-refractivity contribution in [2.45, 2.75) is 44.6 Å². The van der Waals surface area contributed by atoms with Gasteiger partial charge in [-0.15, -0.1) is 0 Å². The van der Waals surface area contributed by atoms with E-state index in [1.54, 1.807) is 23.1 Å². The van der Waals surface area contributed by atoms with Gasteiger partial charge in [-0.2, -0.15) is 0 Å². The maximum Gasteiger partial charge on any atom is 0.282 e. The SMILES string of the molecule is CCCC(NC(=O)c1ccc(N2CC(F)(F)C2)c(OCC2CC2)c1)C(=O)NC. The molecule has 2 aliphatic rings. The number of alkyl halides is 2. The van der Waals surface area contributed by atoms with Gasteiger partial charge in [0.05, 0.1) is 25.4 Å². The fraction of sp³-hybridized carbons (Fsp3) is 0.600. The fourth-order valence-corrected chi connectivity index (χ4v) is 3.18. The summed E-state index contributed by atoms with van der Waals surface area (Å²) in [4.78, 5) is 26.1. The van der Waals surface area contributed by atoms with Crippen LogP contribution in [-0.4, -0.2) is 50.5 Å². The van der Waals surface area contributed by atoms with Crippen molar-refractivity contribution in [2.75, 3.05) is 31.6 Å². The Morgan fingerprint density at radius 2 is 2.04 bits per heavy atom. The van der Waals surface area contributed by atoms with Gasteiger partial charge in [-0.3, -0.25) is 9.59 Å². The molecule has 1 aliphatic carbocycles. The molecule has 1 saturated heterocycles. The van der Waals surface area contributed by atoms with Crippen LogP contribution in [0.1, 0.15) is 43.0 Å². The van der Waals surface area contributed by atoms with Gasteiger partial charge in [-0.25, -0.2) is 8.78 Å². The molecule has 1 aromatic carbocycles. The average molecular weight is 395 g/mol. The van der Waals surface area contributed by atoms with E-state index >= 15 is 0 Å². The van der Waals surface area contributed by atoms with E-state index in [0.29, 0.717) is 35.9 Å². The van der Waals surface area contributed by atoms with Gasteiger partial charge >= 0.3 is 0 Å². The number of hydrogen-bond donors (Lipinski definition) is 2. The number of anilines is 1. The molecule has 2 fully saturated rings. The van der Waals surface area contributed by atoms with Crippen LogP contribution in [0.25, 0.3) is 0 Å². The molecule has 0 spiro atoms. The van der Waals surface area contributed by atoms with Gasteiger partial charge in [-0.05, 0) is 43.4 Å². The minimum absolute atomic E-state index is 0.250. The molecule has 2 N–H and O–H groups in total. The number of likely N-dealkylation sites (N-methyl/N-ethyl adjacent to an activating group) is 1. The summed E-state index contributed by atoms with van der Waals surface area (Å²) < 4.78 is 32.4. The highest BCUT2D eigenvalue weighted by Crippen LogP contribution is 2.39. The predicted octanol–water partition coefficient (Wildman–Crippen LogP) is 2.58. The van der Waals surface area contributed by atoms with Gasteiger partial charge in [-0.1, -0.05) is 13.3 Å². The Hall–Kier alpha value is -2.38. The van der Waals surface area contributed by atoms with E-state index < -0.39 is 12.0 Å². The minimum atomic E-state index is -2.69. The molecular formula is C20H27F2N3O3. The molecule has 0 bridgehead atoms. The van der Waals surface area contributed by atoms with Crippen LogP contribution in [0.5, 0.6) is 5.75 Å². The lowest BCUT2D eigenvalue weighted by Crippen LogP contribution is -2.56. The van der Waals surface area contributed by atoms with Crippen LogP contribution in [0.3, 0.4) is 0 Å². The largest absolute Gasteiger partial charge is 0.491 e. The van der Waals surface area contributed by atoms with Crippen LogP contribution >= 0.6 is 0 Å². The molecule has 2 amide bonds. The number of amides is 2. The zero-order valence-electron chi connectivity index (χ0n) is 16.3. The van der Waals surface area contributed by atoms with E-state index in [1.807, 2.05) is 6.92 Å². The van der Waals surface area contributed by atoms with Crippen LogP contribution in [0.2, 0.25) is 0 Å². The molecule has 1 heterocycles. The summed E-state index contributed by atoms with van der Waals surface area (Å²) in [6.45, 7) is 1.74. The van der Waals surface area contributed by atoms with Crippen molar-refractivity contribution in [3.63, 3.8) is 0 Å². The lowest BCUT2D eigenvalue weighted by molar-refractivity contribution is -0.122. The number of carbonyl (C=O) groups excluding carboxylic acids is 2. The van der Waals surface area contributed by atoms with Crippen LogP contribution in [0.15, 0.2) is 18.2 Å². The van der Waals surface area contributed by atoms with E-state index in [-0.39, 0.29) is 24.9 Å². The first-order valence-electron chi connectivity index (χ1n) is 9.75. The van der Waals surface area contributed by atoms with Crippen LogP contribution in [0, 0.1) is 5.92 Å². The van der Waals surface area contributed by atoms with Gasteiger partial charge in [0.2, 0.25) is 5.91 Å². The van der Waals surface area contributed by atoms with Crippen LogP contribution in [0.4, 0.5) is 14.5 Å². The third kappa shape index (κ3) is 4.91. The maximum atomic E-state index is 13.3. The van der Waals surface area contributed by atoms with Crippen molar-refractivity contribution in [3.8, 4) is 5.75 Å². The summed E-state index contributed by atoms with van der Waals surface area (Å²) in [7, 11) is 1.53. The summed E-state index contributed by atoms with van der Waals surface area (Å²) >= 11 is 0. The average Bonchev–Trinajstić information content (AvgIpc) is 3.47. The molecule has 154 valence electrons. The second-order valence-corrected chi connectivity index (χ2v) is 7.58. The summed E-state index contributed by atoms with van der Waals surface area (Å²) in [5.41, 5.74) is 0.909. The van der Waals surface area contributed by atoms with Gasteiger partial charge in [0.15, 0.2) is 0 Å². The number of rotatable bonds is 9. The molecule has 0 aromatic heterocycles. The fourth-order valence-electron chi connectivity index (χ4n) is 3.18. The number of carbonyl (C=O) groups is 2. The quantitative estimate of drug-likeness (QED) is 0.674. The van der Waals surface area contributed by atoms with E-state index in [1.165, 1.54) is 7.05 Å². The van der Waals surface area contributed by atoms with Crippen LogP contribution in [-0.2, 0) is 4.79 Å². The number of halogens is 2. The number of benzene rings is 1. The topological polar surface area (TPSA) is 70.7 Å². The summed E-state index contributed by atoms with van der Waals surface area (Å²) in [5, 5.41) is 5.29. The first-order chi connectivity index (χ1) is 13.3. The molecule has 28 heavy (non-hydrogen) atoms. The first kappa shape index (κ1) is 20.4. The summed E-state index contributed by atoms with van der Waals surface area (Å²) in [6.07, 6.45) is 3.47. The van der Waals surface area contributed by atoms with Gasteiger partial charge < -0.3 is 20.3 Å². The molecule has 1 aromatic rings. The van der Waals surface area contributed by atoms with E-state index in [9.17, 15) is 18.4 Å². The molecule has 8 heteroatoms. The highest BCUT2D eigenvalue weighted by atomic mass is 19.3. The Morgan fingerprint density at radius 3 is 2.61 bits per heavy atom. The van der Waals surface area contributed by atoms with E-state index in [0.717, 1.165) is 19.3 Å². The lowest BCUT2D eigenvalue weighted by Gasteiger charge is -2.41. The molecular weight excluding hydrogens is 368 g/mol. The second-order valence-electron chi connectivity index (χ2n) is 7.58. The normalized spacial score (nSPS) is 18.8. The van der Waals surface area contributed by atoms with Crippen molar-refractivity contribution in [1.82, 2.24) is 10.6 Å². The zero-order chi connectivity index (χ0) is 20.3. The smallest absolute Gasteiger partial charge is 0.282 e. The molecule has 3 rings (SSSR count). The van der Waals surface area contributed by atoms with E-state index in [2.05, 4.69) is 10.6 Å².